The maximum Gasteiger partial charge on any atom is 0.312 e. The Kier molecular flexibility index (Phi) is 3.58. The van der Waals surface area contributed by atoms with Crippen LogP contribution in [0.5, 0.6) is 0 Å². The lowest BCUT2D eigenvalue weighted by molar-refractivity contribution is -0.166. The van der Waals surface area contributed by atoms with Gasteiger partial charge in [-0.25, -0.2) is 0 Å². The molecule has 4 nitrogen and oxygen atoms in total. The van der Waals surface area contributed by atoms with Gasteiger partial charge in [0.05, 0.1) is 17.8 Å². The molecule has 2 bridgehead atoms. The molecule has 1 saturated carbocycles. The van der Waals surface area contributed by atoms with Crippen molar-refractivity contribution in [1.82, 2.24) is 0 Å². The lowest BCUT2D eigenvalue weighted by Gasteiger charge is -2.40. The number of aliphatic hydroxyl groups is 1. The van der Waals surface area contributed by atoms with E-state index in [1.165, 1.54) is 0 Å². The van der Waals surface area contributed by atoms with E-state index in [0.717, 1.165) is 6.42 Å². The summed E-state index contributed by atoms with van der Waals surface area (Å²) in [6, 6.07) is 0. The van der Waals surface area contributed by atoms with Crippen LogP contribution in [0.1, 0.15) is 38.5 Å². The Labute approximate surface area is 113 Å². The molecule has 0 amide bonds. The van der Waals surface area contributed by atoms with Crippen molar-refractivity contribution in [3.8, 4) is 0 Å². The molecular weight excluding hydrogens is 244 g/mol. The molecule has 106 valence electrons. The highest BCUT2D eigenvalue weighted by molar-refractivity contribution is 5.77. The Hall–Kier alpha value is -1.13. The van der Waals surface area contributed by atoms with E-state index in [-0.39, 0.29) is 6.61 Å². The van der Waals surface area contributed by atoms with Crippen molar-refractivity contribution in [3.05, 3.63) is 25.3 Å². The van der Waals surface area contributed by atoms with Crippen molar-refractivity contribution in [2.24, 2.45) is 5.41 Å². The van der Waals surface area contributed by atoms with E-state index in [0.29, 0.717) is 32.1 Å². The van der Waals surface area contributed by atoms with Gasteiger partial charge in [0.25, 0.3) is 0 Å². The van der Waals surface area contributed by atoms with Crippen LogP contribution in [0.3, 0.4) is 0 Å². The van der Waals surface area contributed by atoms with Crippen LogP contribution < -0.4 is 0 Å². The second kappa shape index (κ2) is 4.76. The highest BCUT2D eigenvalue weighted by atomic mass is 16.5. The molecule has 2 N–H and O–H groups in total. The molecule has 1 saturated heterocycles. The van der Waals surface area contributed by atoms with E-state index in [9.17, 15) is 15.0 Å². The summed E-state index contributed by atoms with van der Waals surface area (Å²) >= 11 is 0. The zero-order valence-electron chi connectivity index (χ0n) is 11.2. The SMILES string of the molecule is C=CCC1(CC=C)O[C@@]2(CO)CCC[C@]1(C(=O)O)C2. The molecule has 2 fully saturated rings. The van der Waals surface area contributed by atoms with Crippen molar-refractivity contribution in [2.45, 2.75) is 49.7 Å². The summed E-state index contributed by atoms with van der Waals surface area (Å²) in [5.41, 5.74) is -2.46. The van der Waals surface area contributed by atoms with Crippen LogP contribution in [0.2, 0.25) is 0 Å². The third-order valence-electron chi connectivity index (χ3n) is 4.79. The summed E-state index contributed by atoms with van der Waals surface area (Å²) in [6.45, 7) is 7.34. The molecule has 0 spiro atoms. The average Bonchev–Trinajstić information content (AvgIpc) is 2.57. The van der Waals surface area contributed by atoms with Crippen LogP contribution in [0.25, 0.3) is 0 Å². The molecule has 0 aromatic carbocycles. The van der Waals surface area contributed by atoms with Gasteiger partial charge in [-0.3, -0.25) is 4.79 Å². The monoisotopic (exact) mass is 266 g/mol. The Bertz CT molecular complexity index is 393. The number of carbonyl (C=O) groups is 1. The number of carboxylic acids is 1. The zero-order chi connectivity index (χ0) is 14.1. The summed E-state index contributed by atoms with van der Waals surface area (Å²) < 4.78 is 6.18. The third-order valence-corrected chi connectivity index (χ3v) is 4.79. The van der Waals surface area contributed by atoms with Crippen LogP contribution in [0.4, 0.5) is 0 Å². The number of aliphatic carboxylic acids is 1. The molecular formula is C15H22O4. The predicted octanol–water partition coefficient (Wildman–Crippen LogP) is 2.28. The first kappa shape index (κ1) is 14.3. The lowest BCUT2D eigenvalue weighted by Crippen LogP contribution is -2.50. The Morgan fingerprint density at radius 3 is 2.37 bits per heavy atom. The van der Waals surface area contributed by atoms with Crippen molar-refractivity contribution in [2.75, 3.05) is 6.61 Å². The van der Waals surface area contributed by atoms with E-state index in [1.807, 2.05) is 0 Å². The van der Waals surface area contributed by atoms with Crippen LogP contribution >= 0.6 is 0 Å². The molecule has 2 rings (SSSR count). The van der Waals surface area contributed by atoms with Gasteiger partial charge in [0.15, 0.2) is 0 Å². The molecule has 2 atom stereocenters. The number of aliphatic hydroxyl groups excluding tert-OH is 1. The maximum atomic E-state index is 11.9. The molecule has 0 aromatic heterocycles. The van der Waals surface area contributed by atoms with E-state index < -0.39 is 22.6 Å². The topological polar surface area (TPSA) is 66.8 Å². The second-order valence-electron chi connectivity index (χ2n) is 5.84. The van der Waals surface area contributed by atoms with Crippen LogP contribution in [0.15, 0.2) is 25.3 Å². The van der Waals surface area contributed by atoms with Gasteiger partial charge in [-0.15, -0.1) is 13.2 Å². The number of hydrogen-bond donors (Lipinski definition) is 2. The van der Waals surface area contributed by atoms with Gasteiger partial charge in [0.1, 0.15) is 5.41 Å². The summed E-state index contributed by atoms with van der Waals surface area (Å²) in [5, 5.41) is 19.4. The highest BCUT2D eigenvalue weighted by Gasteiger charge is 2.68. The van der Waals surface area contributed by atoms with E-state index in [4.69, 9.17) is 4.74 Å². The lowest BCUT2D eigenvalue weighted by atomic mass is 9.61. The summed E-state index contributed by atoms with van der Waals surface area (Å²) in [7, 11) is 0. The molecule has 4 heteroatoms. The van der Waals surface area contributed by atoms with Gasteiger partial charge in [-0.05, 0) is 38.5 Å². The quantitative estimate of drug-likeness (QED) is 0.724. The molecule has 0 aromatic rings. The second-order valence-corrected chi connectivity index (χ2v) is 5.84. The Balaban J connectivity index is 2.52. The number of ether oxygens (including phenoxy) is 1. The molecule has 19 heavy (non-hydrogen) atoms. The normalized spacial score (nSPS) is 35.8. The number of fused-ring (bicyclic) bond motifs is 2. The molecule has 0 unspecified atom stereocenters. The first-order valence-electron chi connectivity index (χ1n) is 6.76. The Morgan fingerprint density at radius 1 is 1.26 bits per heavy atom. The van der Waals surface area contributed by atoms with Gasteiger partial charge in [0, 0.05) is 0 Å². The van der Waals surface area contributed by atoms with Crippen molar-refractivity contribution < 1.29 is 19.7 Å². The minimum atomic E-state index is -0.934. The third kappa shape index (κ3) is 1.85. The van der Waals surface area contributed by atoms with Crippen molar-refractivity contribution in [1.29, 1.82) is 0 Å². The van der Waals surface area contributed by atoms with Crippen LogP contribution in [-0.2, 0) is 9.53 Å². The fraction of sp³-hybridized carbons (Fsp3) is 0.667. The largest absolute Gasteiger partial charge is 0.481 e. The van der Waals surface area contributed by atoms with E-state index >= 15 is 0 Å². The van der Waals surface area contributed by atoms with E-state index in [2.05, 4.69) is 13.2 Å². The summed E-state index contributed by atoms with van der Waals surface area (Å²) in [5.74, 6) is -0.828. The Morgan fingerprint density at radius 2 is 1.89 bits per heavy atom. The van der Waals surface area contributed by atoms with Crippen molar-refractivity contribution in [3.63, 3.8) is 0 Å². The minimum absolute atomic E-state index is 0.127. The molecule has 1 heterocycles. The molecule has 1 aliphatic heterocycles. The summed E-state index contributed by atoms with van der Waals surface area (Å²) in [4.78, 5) is 11.9. The number of hydrogen-bond acceptors (Lipinski definition) is 3. The standard InChI is InChI=1S/C15H22O4/c1-3-6-15(7-4-2)14(12(17)18)9-5-8-13(10-14,11-16)19-15/h3-4,16H,1-2,5-11H2,(H,17,18)/t13-,14+/m0/s1. The van der Waals surface area contributed by atoms with Crippen LogP contribution in [-0.4, -0.2) is 34.0 Å². The van der Waals surface area contributed by atoms with Gasteiger partial charge in [0.2, 0.25) is 0 Å². The van der Waals surface area contributed by atoms with Gasteiger partial charge in [-0.1, -0.05) is 12.2 Å². The van der Waals surface area contributed by atoms with Gasteiger partial charge in [-0.2, -0.15) is 0 Å². The zero-order valence-corrected chi connectivity index (χ0v) is 11.2. The fourth-order valence-electron chi connectivity index (χ4n) is 4.00. The number of rotatable bonds is 6. The van der Waals surface area contributed by atoms with Gasteiger partial charge >= 0.3 is 5.97 Å². The van der Waals surface area contributed by atoms with Gasteiger partial charge < -0.3 is 14.9 Å². The predicted molar refractivity (Wildman–Crippen MR) is 71.8 cm³/mol. The number of carboxylic acid groups (broad SMARTS) is 1. The fourth-order valence-corrected chi connectivity index (χ4v) is 4.00. The molecule has 2 aliphatic rings. The molecule has 1 aliphatic carbocycles. The smallest absolute Gasteiger partial charge is 0.312 e. The first-order chi connectivity index (χ1) is 9.00. The van der Waals surface area contributed by atoms with Crippen LogP contribution in [0, 0.1) is 5.41 Å². The molecule has 0 radical (unpaired) electrons. The average molecular weight is 266 g/mol. The maximum absolute atomic E-state index is 11.9. The van der Waals surface area contributed by atoms with Crippen molar-refractivity contribution >= 4 is 5.97 Å². The highest BCUT2D eigenvalue weighted by Crippen LogP contribution is 2.61. The van der Waals surface area contributed by atoms with E-state index in [1.54, 1.807) is 12.2 Å². The first-order valence-corrected chi connectivity index (χ1v) is 6.76. The summed E-state index contributed by atoms with van der Waals surface area (Å²) in [6.07, 6.45) is 6.80. The minimum Gasteiger partial charge on any atom is -0.481 e.